The highest BCUT2D eigenvalue weighted by Gasteiger charge is 2.26. The Morgan fingerprint density at radius 1 is 0.786 bits per heavy atom. The standard InChI is InChI=1S/C24H32F4/c25-14-2-1-3-17-4-6-18(7-5-17)8-9-19-10-12-20(13-11-19)21-15-22(26)24(28)23(27)16-21/h1,3,15-20H,2,4-14H2/t17-,18-,19-,20-. The van der Waals surface area contributed by atoms with Crippen molar-refractivity contribution in [2.75, 3.05) is 6.67 Å². The minimum Gasteiger partial charge on any atom is -0.251 e. The van der Waals surface area contributed by atoms with Crippen molar-refractivity contribution >= 4 is 0 Å². The van der Waals surface area contributed by atoms with Crippen LogP contribution in [0, 0.1) is 35.2 Å². The molecule has 0 aromatic heterocycles. The molecule has 156 valence electrons. The fourth-order valence-electron chi connectivity index (χ4n) is 5.09. The van der Waals surface area contributed by atoms with E-state index in [1.165, 1.54) is 50.7 Å². The molecule has 0 amide bonds. The summed E-state index contributed by atoms with van der Waals surface area (Å²) >= 11 is 0. The molecule has 1 aromatic carbocycles. The van der Waals surface area contributed by atoms with Gasteiger partial charge in [0.05, 0.1) is 6.67 Å². The second-order valence-electron chi connectivity index (χ2n) is 8.78. The lowest BCUT2D eigenvalue weighted by molar-refractivity contribution is 0.245. The molecule has 2 fully saturated rings. The maximum absolute atomic E-state index is 13.5. The Labute approximate surface area is 166 Å². The third-order valence-electron chi connectivity index (χ3n) is 6.88. The summed E-state index contributed by atoms with van der Waals surface area (Å²) in [6, 6.07) is 2.34. The van der Waals surface area contributed by atoms with Crippen molar-refractivity contribution < 1.29 is 17.6 Å². The predicted molar refractivity (Wildman–Crippen MR) is 105 cm³/mol. The summed E-state index contributed by atoms with van der Waals surface area (Å²) in [6.45, 7) is -0.265. The molecule has 0 heterocycles. The molecule has 1 aromatic rings. The van der Waals surface area contributed by atoms with Crippen molar-refractivity contribution in [2.45, 2.75) is 76.5 Å². The molecule has 0 saturated heterocycles. The summed E-state index contributed by atoms with van der Waals surface area (Å²) in [7, 11) is 0. The third kappa shape index (κ3) is 5.84. The molecule has 0 bridgehead atoms. The van der Waals surface area contributed by atoms with E-state index >= 15 is 0 Å². The first kappa shape index (κ1) is 21.4. The summed E-state index contributed by atoms with van der Waals surface area (Å²) in [5, 5.41) is 0. The average Bonchev–Trinajstić information content (AvgIpc) is 2.71. The predicted octanol–water partition coefficient (Wildman–Crippen LogP) is 7.88. The normalized spacial score (nSPS) is 28.7. The Bertz CT molecular complexity index is 615. The van der Waals surface area contributed by atoms with Gasteiger partial charge in [-0.05, 0) is 99.2 Å². The van der Waals surface area contributed by atoms with Crippen molar-refractivity contribution in [1.29, 1.82) is 0 Å². The Morgan fingerprint density at radius 3 is 1.86 bits per heavy atom. The van der Waals surface area contributed by atoms with Gasteiger partial charge in [0, 0.05) is 0 Å². The van der Waals surface area contributed by atoms with Gasteiger partial charge in [-0.15, -0.1) is 0 Å². The molecule has 0 spiro atoms. The molecule has 28 heavy (non-hydrogen) atoms. The number of benzene rings is 1. The zero-order chi connectivity index (χ0) is 19.9. The molecular weight excluding hydrogens is 364 g/mol. The molecule has 4 heteroatoms. The second-order valence-corrected chi connectivity index (χ2v) is 8.78. The molecule has 0 N–H and O–H groups in total. The molecule has 0 radical (unpaired) electrons. The zero-order valence-corrected chi connectivity index (χ0v) is 16.6. The van der Waals surface area contributed by atoms with Crippen LogP contribution in [0.4, 0.5) is 17.6 Å². The van der Waals surface area contributed by atoms with Crippen LogP contribution in [0.1, 0.15) is 82.1 Å². The summed E-state index contributed by atoms with van der Waals surface area (Å²) in [4.78, 5) is 0. The van der Waals surface area contributed by atoms with Crippen LogP contribution in [-0.4, -0.2) is 6.67 Å². The Kier molecular flexibility index (Phi) is 7.99. The quantitative estimate of drug-likeness (QED) is 0.250. The highest BCUT2D eigenvalue weighted by Crippen LogP contribution is 2.40. The van der Waals surface area contributed by atoms with E-state index in [9.17, 15) is 17.6 Å². The van der Waals surface area contributed by atoms with E-state index < -0.39 is 17.5 Å². The van der Waals surface area contributed by atoms with Gasteiger partial charge in [0.15, 0.2) is 17.5 Å². The Hall–Kier alpha value is -1.32. The summed E-state index contributed by atoms with van der Waals surface area (Å²) in [5.41, 5.74) is 0.606. The van der Waals surface area contributed by atoms with E-state index in [1.807, 2.05) is 6.08 Å². The first-order chi connectivity index (χ1) is 13.6. The van der Waals surface area contributed by atoms with Gasteiger partial charge in [0.2, 0.25) is 0 Å². The topological polar surface area (TPSA) is 0 Å². The highest BCUT2D eigenvalue weighted by molar-refractivity contribution is 5.23. The van der Waals surface area contributed by atoms with Gasteiger partial charge in [0.25, 0.3) is 0 Å². The van der Waals surface area contributed by atoms with E-state index in [0.717, 1.165) is 31.6 Å². The van der Waals surface area contributed by atoms with E-state index in [0.29, 0.717) is 23.8 Å². The van der Waals surface area contributed by atoms with Gasteiger partial charge in [-0.25, -0.2) is 13.2 Å². The van der Waals surface area contributed by atoms with Gasteiger partial charge < -0.3 is 0 Å². The molecule has 0 unspecified atom stereocenters. The fourth-order valence-corrected chi connectivity index (χ4v) is 5.09. The molecule has 2 saturated carbocycles. The minimum atomic E-state index is -1.37. The van der Waals surface area contributed by atoms with Gasteiger partial charge in [-0.2, -0.15) is 0 Å². The van der Waals surface area contributed by atoms with Crippen molar-refractivity contribution in [3.8, 4) is 0 Å². The maximum atomic E-state index is 13.5. The van der Waals surface area contributed by atoms with Gasteiger partial charge in [-0.3, -0.25) is 4.39 Å². The van der Waals surface area contributed by atoms with Crippen LogP contribution in [0.5, 0.6) is 0 Å². The van der Waals surface area contributed by atoms with E-state index in [2.05, 4.69) is 6.08 Å². The zero-order valence-electron chi connectivity index (χ0n) is 16.6. The third-order valence-corrected chi connectivity index (χ3v) is 6.88. The number of allylic oxidation sites excluding steroid dienone is 2. The van der Waals surface area contributed by atoms with Crippen LogP contribution < -0.4 is 0 Å². The summed E-state index contributed by atoms with van der Waals surface area (Å²) < 4.78 is 52.3. The number of hydrogen-bond donors (Lipinski definition) is 0. The van der Waals surface area contributed by atoms with Crippen molar-refractivity contribution in [2.24, 2.45) is 17.8 Å². The summed E-state index contributed by atoms with van der Waals surface area (Å²) in [5.74, 6) is -1.23. The van der Waals surface area contributed by atoms with Gasteiger partial charge in [0.1, 0.15) is 0 Å². The van der Waals surface area contributed by atoms with E-state index in [4.69, 9.17) is 0 Å². The minimum absolute atomic E-state index is 0.146. The van der Waals surface area contributed by atoms with Crippen molar-refractivity contribution in [1.82, 2.24) is 0 Å². The lowest BCUT2D eigenvalue weighted by atomic mass is 9.74. The first-order valence-electron chi connectivity index (χ1n) is 10.9. The molecule has 0 aliphatic heterocycles. The number of alkyl halides is 1. The van der Waals surface area contributed by atoms with Crippen LogP contribution >= 0.6 is 0 Å². The van der Waals surface area contributed by atoms with Gasteiger partial charge >= 0.3 is 0 Å². The van der Waals surface area contributed by atoms with Crippen LogP contribution in [0.3, 0.4) is 0 Å². The van der Waals surface area contributed by atoms with E-state index in [1.54, 1.807) is 0 Å². The van der Waals surface area contributed by atoms with E-state index in [-0.39, 0.29) is 12.6 Å². The van der Waals surface area contributed by atoms with Crippen LogP contribution in [0.2, 0.25) is 0 Å². The van der Waals surface area contributed by atoms with Crippen molar-refractivity contribution in [3.05, 3.63) is 47.3 Å². The second kappa shape index (κ2) is 10.5. The monoisotopic (exact) mass is 396 g/mol. The fraction of sp³-hybridized carbons (Fsp3) is 0.667. The number of hydrogen-bond acceptors (Lipinski definition) is 0. The molecule has 0 atom stereocenters. The highest BCUT2D eigenvalue weighted by atomic mass is 19.2. The Balaban J connectivity index is 1.37. The number of rotatable bonds is 7. The maximum Gasteiger partial charge on any atom is 0.194 e. The lowest BCUT2D eigenvalue weighted by Gasteiger charge is -2.31. The van der Waals surface area contributed by atoms with Crippen LogP contribution in [0.25, 0.3) is 0 Å². The smallest absolute Gasteiger partial charge is 0.194 e. The molecular formula is C24H32F4. The van der Waals surface area contributed by atoms with Gasteiger partial charge in [-0.1, -0.05) is 25.0 Å². The lowest BCUT2D eigenvalue weighted by Crippen LogP contribution is -2.17. The molecule has 3 rings (SSSR count). The van der Waals surface area contributed by atoms with Crippen LogP contribution in [-0.2, 0) is 0 Å². The SMILES string of the molecule is FCCC=C[C@H]1CC[C@H](CC[C@H]2CC[C@H](c3cc(F)c(F)c(F)c3)CC2)CC1. The molecule has 2 aliphatic rings. The van der Waals surface area contributed by atoms with Crippen molar-refractivity contribution in [3.63, 3.8) is 0 Å². The number of halogens is 4. The first-order valence-corrected chi connectivity index (χ1v) is 10.9. The Morgan fingerprint density at radius 2 is 1.32 bits per heavy atom. The molecule has 0 nitrogen and oxygen atoms in total. The van der Waals surface area contributed by atoms with Crippen LogP contribution in [0.15, 0.2) is 24.3 Å². The average molecular weight is 397 g/mol. The molecule has 2 aliphatic carbocycles. The largest absolute Gasteiger partial charge is 0.251 e. The summed E-state index contributed by atoms with van der Waals surface area (Å²) in [6.07, 6.45) is 16.3.